The maximum atomic E-state index is 6.01. The minimum absolute atomic E-state index is 0.261. The summed E-state index contributed by atoms with van der Waals surface area (Å²) in [5.74, 6) is 0.918. The molecule has 1 aromatic carbocycles. The minimum Gasteiger partial charge on any atom is -0.374 e. The van der Waals surface area contributed by atoms with Gasteiger partial charge in [0.05, 0.1) is 0 Å². The molecular formula is C15H23BrN2. The summed E-state index contributed by atoms with van der Waals surface area (Å²) in [4.78, 5) is 2.35. The lowest BCUT2D eigenvalue weighted by molar-refractivity contribution is 0.645. The molecule has 2 nitrogen and oxygen atoms in total. The van der Waals surface area contributed by atoms with Gasteiger partial charge in [-0.2, -0.15) is 0 Å². The largest absolute Gasteiger partial charge is 0.374 e. The second kappa shape index (κ2) is 6.07. The van der Waals surface area contributed by atoms with Crippen LogP contribution in [0.15, 0.2) is 22.7 Å². The molecule has 1 aromatic rings. The molecule has 2 rings (SSSR count). The Morgan fingerprint density at radius 2 is 2.17 bits per heavy atom. The fourth-order valence-electron chi connectivity index (χ4n) is 2.16. The molecule has 0 aliphatic heterocycles. The molecule has 1 unspecified atom stereocenters. The molecule has 1 fully saturated rings. The monoisotopic (exact) mass is 310 g/mol. The zero-order valence-corrected chi connectivity index (χ0v) is 12.9. The zero-order valence-electron chi connectivity index (χ0n) is 11.3. The van der Waals surface area contributed by atoms with E-state index >= 15 is 0 Å². The number of hydrogen-bond donors (Lipinski definition) is 1. The lowest BCUT2D eigenvalue weighted by Crippen LogP contribution is -2.22. The predicted molar refractivity (Wildman–Crippen MR) is 82.1 cm³/mol. The van der Waals surface area contributed by atoms with Gasteiger partial charge in [0.2, 0.25) is 0 Å². The molecule has 0 aromatic heterocycles. The summed E-state index contributed by atoms with van der Waals surface area (Å²) < 4.78 is 1.19. The molecule has 0 bridgehead atoms. The summed E-state index contributed by atoms with van der Waals surface area (Å²) >= 11 is 3.67. The van der Waals surface area contributed by atoms with Crippen molar-refractivity contribution in [1.82, 2.24) is 0 Å². The van der Waals surface area contributed by atoms with E-state index in [2.05, 4.69) is 53.0 Å². The molecule has 100 valence electrons. The van der Waals surface area contributed by atoms with Gasteiger partial charge in [0.25, 0.3) is 0 Å². The SMILES string of the molecule is CCC(N)Cc1ccc(N(C)CC2CC2)cc1Br. The second-order valence-electron chi connectivity index (χ2n) is 5.47. The van der Waals surface area contributed by atoms with Crippen LogP contribution < -0.4 is 10.6 Å². The highest BCUT2D eigenvalue weighted by Gasteiger charge is 2.23. The normalized spacial score (nSPS) is 16.7. The van der Waals surface area contributed by atoms with Crippen molar-refractivity contribution < 1.29 is 0 Å². The van der Waals surface area contributed by atoms with Gasteiger partial charge in [-0.25, -0.2) is 0 Å². The van der Waals surface area contributed by atoms with Crippen LogP contribution in [0.3, 0.4) is 0 Å². The Morgan fingerprint density at radius 3 is 2.72 bits per heavy atom. The maximum absolute atomic E-state index is 6.01. The first-order chi connectivity index (χ1) is 8.60. The Bertz CT molecular complexity index is 401. The lowest BCUT2D eigenvalue weighted by Gasteiger charge is -2.20. The number of nitrogens with two attached hydrogens (primary N) is 1. The van der Waals surface area contributed by atoms with E-state index in [4.69, 9.17) is 5.73 Å². The fourth-order valence-corrected chi connectivity index (χ4v) is 2.69. The summed E-state index contributed by atoms with van der Waals surface area (Å²) in [6.07, 6.45) is 4.77. The average molecular weight is 311 g/mol. The van der Waals surface area contributed by atoms with Crippen LogP contribution in [0, 0.1) is 5.92 Å². The van der Waals surface area contributed by atoms with Gasteiger partial charge in [0, 0.05) is 29.8 Å². The molecule has 1 atom stereocenters. The van der Waals surface area contributed by atoms with Gasteiger partial charge in [-0.05, 0) is 49.3 Å². The third kappa shape index (κ3) is 3.72. The van der Waals surface area contributed by atoms with Crippen LogP contribution in [0.2, 0.25) is 0 Å². The van der Waals surface area contributed by atoms with E-state index in [1.54, 1.807) is 0 Å². The van der Waals surface area contributed by atoms with Crippen LogP contribution in [0.5, 0.6) is 0 Å². The van der Waals surface area contributed by atoms with Crippen molar-refractivity contribution in [1.29, 1.82) is 0 Å². The van der Waals surface area contributed by atoms with Crippen molar-refractivity contribution in [2.24, 2.45) is 11.7 Å². The number of halogens is 1. The summed E-state index contributed by atoms with van der Waals surface area (Å²) in [6, 6.07) is 6.90. The number of hydrogen-bond acceptors (Lipinski definition) is 2. The van der Waals surface area contributed by atoms with E-state index in [9.17, 15) is 0 Å². The molecule has 0 heterocycles. The van der Waals surface area contributed by atoms with E-state index in [0.717, 1.165) is 18.8 Å². The Balaban J connectivity index is 2.03. The van der Waals surface area contributed by atoms with E-state index in [0.29, 0.717) is 0 Å². The van der Waals surface area contributed by atoms with Gasteiger partial charge < -0.3 is 10.6 Å². The fraction of sp³-hybridized carbons (Fsp3) is 0.600. The first-order valence-electron chi connectivity index (χ1n) is 6.85. The molecule has 0 saturated heterocycles. The molecule has 0 radical (unpaired) electrons. The van der Waals surface area contributed by atoms with Crippen molar-refractivity contribution in [3.05, 3.63) is 28.2 Å². The van der Waals surface area contributed by atoms with E-state index in [-0.39, 0.29) is 6.04 Å². The Labute approximate surface area is 119 Å². The van der Waals surface area contributed by atoms with Crippen molar-refractivity contribution in [3.8, 4) is 0 Å². The van der Waals surface area contributed by atoms with Gasteiger partial charge in [0.15, 0.2) is 0 Å². The van der Waals surface area contributed by atoms with Crippen molar-refractivity contribution >= 4 is 21.6 Å². The minimum atomic E-state index is 0.261. The summed E-state index contributed by atoms with van der Waals surface area (Å²) in [7, 11) is 2.18. The van der Waals surface area contributed by atoms with Crippen LogP contribution in [0.4, 0.5) is 5.69 Å². The van der Waals surface area contributed by atoms with Crippen LogP contribution in [0.25, 0.3) is 0 Å². The van der Waals surface area contributed by atoms with E-state index in [1.807, 2.05) is 0 Å². The third-order valence-corrected chi connectivity index (χ3v) is 4.45. The van der Waals surface area contributed by atoms with Gasteiger partial charge in [-0.15, -0.1) is 0 Å². The Hall–Kier alpha value is -0.540. The Morgan fingerprint density at radius 1 is 1.44 bits per heavy atom. The van der Waals surface area contributed by atoms with Gasteiger partial charge in [0.1, 0.15) is 0 Å². The Kier molecular flexibility index (Phi) is 4.68. The first kappa shape index (κ1) is 13.9. The van der Waals surface area contributed by atoms with Gasteiger partial charge >= 0.3 is 0 Å². The molecule has 1 saturated carbocycles. The molecule has 18 heavy (non-hydrogen) atoms. The molecule has 0 amide bonds. The molecule has 1 aliphatic carbocycles. The van der Waals surface area contributed by atoms with Crippen molar-refractivity contribution in [3.63, 3.8) is 0 Å². The smallest absolute Gasteiger partial charge is 0.0375 e. The average Bonchev–Trinajstić information content (AvgIpc) is 3.15. The molecule has 2 N–H and O–H groups in total. The summed E-state index contributed by atoms with van der Waals surface area (Å²) in [5.41, 5.74) is 8.62. The van der Waals surface area contributed by atoms with Crippen LogP contribution in [-0.4, -0.2) is 19.6 Å². The highest BCUT2D eigenvalue weighted by atomic mass is 79.9. The topological polar surface area (TPSA) is 29.3 Å². The zero-order chi connectivity index (χ0) is 13.1. The lowest BCUT2D eigenvalue weighted by atomic mass is 10.0. The van der Waals surface area contributed by atoms with Crippen LogP contribution >= 0.6 is 15.9 Å². The maximum Gasteiger partial charge on any atom is 0.0375 e. The molecule has 0 spiro atoms. The number of nitrogens with zero attached hydrogens (tertiary/aromatic N) is 1. The predicted octanol–water partition coefficient (Wildman–Crippen LogP) is 3.58. The standard InChI is InChI=1S/C15H23BrN2/c1-3-13(17)8-12-6-7-14(9-15(12)16)18(2)10-11-4-5-11/h6-7,9,11,13H,3-5,8,10,17H2,1-2H3. The third-order valence-electron chi connectivity index (χ3n) is 3.71. The molecule has 1 aliphatic rings. The molecule has 3 heteroatoms. The van der Waals surface area contributed by atoms with Crippen LogP contribution in [-0.2, 0) is 6.42 Å². The van der Waals surface area contributed by atoms with Gasteiger partial charge in [-0.1, -0.05) is 28.9 Å². The van der Waals surface area contributed by atoms with Gasteiger partial charge in [-0.3, -0.25) is 0 Å². The van der Waals surface area contributed by atoms with E-state index in [1.165, 1.54) is 35.1 Å². The van der Waals surface area contributed by atoms with Crippen LogP contribution in [0.1, 0.15) is 31.7 Å². The second-order valence-corrected chi connectivity index (χ2v) is 6.33. The first-order valence-corrected chi connectivity index (χ1v) is 7.64. The van der Waals surface area contributed by atoms with Crippen molar-refractivity contribution in [2.45, 2.75) is 38.6 Å². The summed E-state index contributed by atoms with van der Waals surface area (Å²) in [5, 5.41) is 0. The highest BCUT2D eigenvalue weighted by Crippen LogP contribution is 2.32. The van der Waals surface area contributed by atoms with E-state index < -0.39 is 0 Å². The van der Waals surface area contributed by atoms with Crippen molar-refractivity contribution in [2.75, 3.05) is 18.5 Å². The number of benzene rings is 1. The quantitative estimate of drug-likeness (QED) is 0.870. The number of rotatable bonds is 6. The summed E-state index contributed by atoms with van der Waals surface area (Å²) in [6.45, 7) is 3.32. The molecular weight excluding hydrogens is 288 g/mol. The highest BCUT2D eigenvalue weighted by molar-refractivity contribution is 9.10. The number of anilines is 1.